The highest BCUT2D eigenvalue weighted by atomic mass is 16.5. The van der Waals surface area contributed by atoms with E-state index in [4.69, 9.17) is 9.47 Å². The van der Waals surface area contributed by atoms with E-state index >= 15 is 0 Å². The SMILES string of the molecule is CCCCCCOC(C)(C)CC1(C)CCC(CCCCC(C)(C)OCCCCC(C)C)C1C1CN1. The number of hydrogen-bond acceptors (Lipinski definition) is 3. The van der Waals surface area contributed by atoms with Gasteiger partial charge in [0.25, 0.3) is 0 Å². The first kappa shape index (κ1) is 31.1. The van der Waals surface area contributed by atoms with Crippen molar-refractivity contribution in [3.8, 4) is 0 Å². The van der Waals surface area contributed by atoms with Gasteiger partial charge in [0.05, 0.1) is 11.2 Å². The summed E-state index contributed by atoms with van der Waals surface area (Å²) >= 11 is 0. The molecule has 0 radical (unpaired) electrons. The number of hydrogen-bond donors (Lipinski definition) is 1. The minimum absolute atomic E-state index is 0.0144. The number of unbranched alkanes of at least 4 members (excludes halogenated alkanes) is 5. The van der Waals surface area contributed by atoms with Crippen LogP contribution in [0, 0.1) is 23.2 Å². The molecule has 4 unspecified atom stereocenters. The van der Waals surface area contributed by atoms with E-state index in [1.54, 1.807) is 0 Å². The largest absolute Gasteiger partial charge is 0.376 e. The van der Waals surface area contributed by atoms with Gasteiger partial charge >= 0.3 is 0 Å². The molecule has 3 nitrogen and oxygen atoms in total. The fourth-order valence-electron chi connectivity index (χ4n) is 7.03. The molecule has 1 aliphatic carbocycles. The zero-order valence-corrected chi connectivity index (χ0v) is 25.1. The zero-order valence-electron chi connectivity index (χ0n) is 25.1. The van der Waals surface area contributed by atoms with Crippen LogP contribution in [0.4, 0.5) is 0 Å². The fourth-order valence-corrected chi connectivity index (χ4v) is 7.03. The van der Waals surface area contributed by atoms with E-state index < -0.39 is 0 Å². The minimum atomic E-state index is -0.0144. The molecule has 0 bridgehead atoms. The second kappa shape index (κ2) is 14.7. The third-order valence-corrected chi connectivity index (χ3v) is 8.86. The average Bonchev–Trinajstić information content (AvgIpc) is 3.53. The summed E-state index contributed by atoms with van der Waals surface area (Å²) in [4.78, 5) is 0. The Morgan fingerprint density at radius 2 is 1.54 bits per heavy atom. The maximum atomic E-state index is 6.45. The van der Waals surface area contributed by atoms with Gasteiger partial charge in [-0.1, -0.05) is 79.1 Å². The van der Waals surface area contributed by atoms with Crippen LogP contribution in [0.1, 0.15) is 145 Å². The molecule has 0 aromatic rings. The van der Waals surface area contributed by atoms with Gasteiger partial charge in [0, 0.05) is 25.8 Å². The van der Waals surface area contributed by atoms with E-state index in [9.17, 15) is 0 Å². The molecule has 2 fully saturated rings. The van der Waals surface area contributed by atoms with Crippen molar-refractivity contribution in [3.05, 3.63) is 0 Å². The Bertz CT molecular complexity index is 568. The van der Waals surface area contributed by atoms with Crippen molar-refractivity contribution in [3.63, 3.8) is 0 Å². The molecule has 35 heavy (non-hydrogen) atoms. The Balaban J connectivity index is 1.74. The maximum absolute atomic E-state index is 6.45. The highest BCUT2D eigenvalue weighted by Crippen LogP contribution is 2.55. The van der Waals surface area contributed by atoms with Crippen LogP contribution in [-0.4, -0.2) is 37.0 Å². The Morgan fingerprint density at radius 1 is 0.886 bits per heavy atom. The van der Waals surface area contributed by atoms with Gasteiger partial charge < -0.3 is 14.8 Å². The first-order valence-electron chi connectivity index (χ1n) is 15.5. The van der Waals surface area contributed by atoms with Crippen LogP contribution in [0.3, 0.4) is 0 Å². The van der Waals surface area contributed by atoms with Gasteiger partial charge in [-0.05, 0) is 89.4 Å². The Kier molecular flexibility index (Phi) is 13.1. The van der Waals surface area contributed by atoms with Gasteiger partial charge in [-0.25, -0.2) is 0 Å². The van der Waals surface area contributed by atoms with Gasteiger partial charge in [0.1, 0.15) is 0 Å². The van der Waals surface area contributed by atoms with E-state index in [-0.39, 0.29) is 11.2 Å². The van der Waals surface area contributed by atoms with Gasteiger partial charge in [0.2, 0.25) is 0 Å². The van der Waals surface area contributed by atoms with E-state index in [0.717, 1.165) is 37.0 Å². The Labute approximate surface area is 220 Å². The molecule has 0 aromatic carbocycles. The molecule has 1 heterocycles. The molecule has 1 aliphatic heterocycles. The van der Waals surface area contributed by atoms with Crippen LogP contribution < -0.4 is 5.32 Å². The van der Waals surface area contributed by atoms with E-state index in [2.05, 4.69) is 60.7 Å². The smallest absolute Gasteiger partial charge is 0.0631 e. The molecule has 0 amide bonds. The quantitative estimate of drug-likeness (QED) is 0.136. The number of rotatable bonds is 20. The van der Waals surface area contributed by atoms with E-state index in [0.29, 0.717) is 5.41 Å². The molecular formula is C32H63NO2. The molecule has 4 atom stereocenters. The van der Waals surface area contributed by atoms with Crippen LogP contribution in [0.5, 0.6) is 0 Å². The highest BCUT2D eigenvalue weighted by molar-refractivity contribution is 5.06. The lowest BCUT2D eigenvalue weighted by atomic mass is 9.68. The molecule has 0 aromatic heterocycles. The normalized spacial score (nSPS) is 27.2. The van der Waals surface area contributed by atoms with Crippen LogP contribution in [0.2, 0.25) is 0 Å². The zero-order chi connectivity index (χ0) is 26.0. The lowest BCUT2D eigenvalue weighted by molar-refractivity contribution is -0.0590. The van der Waals surface area contributed by atoms with Gasteiger partial charge in [-0.2, -0.15) is 0 Å². The fraction of sp³-hybridized carbons (Fsp3) is 1.00. The van der Waals surface area contributed by atoms with Gasteiger partial charge in [-0.15, -0.1) is 0 Å². The second-order valence-corrected chi connectivity index (χ2v) is 14.1. The summed E-state index contributed by atoms with van der Waals surface area (Å²) in [5.74, 6) is 2.50. The summed E-state index contributed by atoms with van der Waals surface area (Å²) in [5, 5.41) is 3.71. The summed E-state index contributed by atoms with van der Waals surface area (Å²) in [7, 11) is 0. The molecule has 0 spiro atoms. The van der Waals surface area contributed by atoms with Crippen molar-refractivity contribution in [1.29, 1.82) is 0 Å². The molecular weight excluding hydrogens is 430 g/mol. The predicted octanol–water partition coefficient (Wildman–Crippen LogP) is 8.94. The van der Waals surface area contributed by atoms with E-state index in [1.807, 2.05) is 0 Å². The molecule has 2 rings (SSSR count). The third-order valence-electron chi connectivity index (χ3n) is 8.86. The summed E-state index contributed by atoms with van der Waals surface area (Å²) in [5.41, 5.74) is 0.418. The van der Waals surface area contributed by atoms with Crippen LogP contribution in [-0.2, 0) is 9.47 Å². The number of nitrogens with one attached hydrogen (secondary N) is 1. The number of ether oxygens (including phenoxy) is 2. The lowest BCUT2D eigenvalue weighted by Crippen LogP contribution is -2.39. The average molecular weight is 494 g/mol. The molecule has 2 aliphatic rings. The lowest BCUT2D eigenvalue weighted by Gasteiger charge is -2.40. The molecule has 3 heteroatoms. The van der Waals surface area contributed by atoms with Gasteiger partial charge in [-0.3, -0.25) is 0 Å². The van der Waals surface area contributed by atoms with Crippen molar-refractivity contribution in [2.45, 2.75) is 163 Å². The Morgan fingerprint density at radius 3 is 2.17 bits per heavy atom. The summed E-state index contributed by atoms with van der Waals surface area (Å²) in [6, 6.07) is 0.749. The minimum Gasteiger partial charge on any atom is -0.376 e. The van der Waals surface area contributed by atoms with Crippen molar-refractivity contribution in [2.24, 2.45) is 23.2 Å². The maximum Gasteiger partial charge on any atom is 0.0631 e. The van der Waals surface area contributed by atoms with Crippen LogP contribution in [0.25, 0.3) is 0 Å². The standard InChI is InChI=1S/C32H63NO2/c1-9-10-11-15-22-35-31(6,7)25-32(8)21-19-27(29(32)28-24-33-28)18-12-14-20-30(4,5)34-23-16-13-17-26(2)3/h26-29,33H,9-25H2,1-8H3. The highest BCUT2D eigenvalue weighted by Gasteiger charge is 2.53. The molecule has 1 saturated heterocycles. The molecule has 1 N–H and O–H groups in total. The summed E-state index contributed by atoms with van der Waals surface area (Å²) in [6.07, 6.45) is 18.2. The molecule has 208 valence electrons. The summed E-state index contributed by atoms with van der Waals surface area (Å²) in [6.45, 7) is 21.8. The van der Waals surface area contributed by atoms with Crippen molar-refractivity contribution in [1.82, 2.24) is 5.32 Å². The molecule has 1 saturated carbocycles. The summed E-state index contributed by atoms with van der Waals surface area (Å²) < 4.78 is 12.7. The van der Waals surface area contributed by atoms with Crippen molar-refractivity contribution in [2.75, 3.05) is 19.8 Å². The van der Waals surface area contributed by atoms with Crippen LogP contribution >= 0.6 is 0 Å². The topological polar surface area (TPSA) is 40.4 Å². The first-order chi connectivity index (χ1) is 16.5. The second-order valence-electron chi connectivity index (χ2n) is 14.1. The van der Waals surface area contributed by atoms with Crippen molar-refractivity contribution < 1.29 is 9.47 Å². The first-order valence-corrected chi connectivity index (χ1v) is 15.5. The van der Waals surface area contributed by atoms with Crippen LogP contribution in [0.15, 0.2) is 0 Å². The van der Waals surface area contributed by atoms with Gasteiger partial charge in [0.15, 0.2) is 0 Å². The van der Waals surface area contributed by atoms with Crippen molar-refractivity contribution >= 4 is 0 Å². The Hall–Kier alpha value is -0.120. The van der Waals surface area contributed by atoms with E-state index in [1.165, 1.54) is 96.4 Å². The predicted molar refractivity (Wildman–Crippen MR) is 152 cm³/mol. The third kappa shape index (κ3) is 11.9. The monoisotopic (exact) mass is 493 g/mol.